The third kappa shape index (κ3) is 2.97. The lowest BCUT2D eigenvalue weighted by Gasteiger charge is -2.09. The topological polar surface area (TPSA) is 56.7 Å². The molecule has 0 aliphatic heterocycles. The summed E-state index contributed by atoms with van der Waals surface area (Å²) in [5.74, 6) is 0.774. The molecule has 6 heteroatoms. The molecule has 2 aromatic heterocycles. The smallest absolute Gasteiger partial charge is 0.156 e. The first-order valence-electron chi connectivity index (χ1n) is 5.00. The summed E-state index contributed by atoms with van der Waals surface area (Å²) in [6, 6.07) is 2.00. The van der Waals surface area contributed by atoms with Gasteiger partial charge in [-0.2, -0.15) is 5.10 Å². The van der Waals surface area contributed by atoms with Crippen LogP contribution in [0.3, 0.4) is 0 Å². The predicted molar refractivity (Wildman–Crippen MR) is 71.0 cm³/mol. The van der Waals surface area contributed by atoms with Crippen molar-refractivity contribution in [3.63, 3.8) is 0 Å². The van der Waals surface area contributed by atoms with Crippen molar-refractivity contribution in [3.05, 3.63) is 40.8 Å². The number of aromatic nitrogens is 3. The van der Waals surface area contributed by atoms with Gasteiger partial charge < -0.3 is 5.73 Å². The predicted octanol–water partition coefficient (Wildman–Crippen LogP) is 2.67. The van der Waals surface area contributed by atoms with Gasteiger partial charge in [-0.3, -0.25) is 0 Å². The Labute approximate surface area is 111 Å². The number of hydrogen-bond acceptors (Lipinski definition) is 3. The number of hydrogen-bond donors (Lipinski definition) is 1. The summed E-state index contributed by atoms with van der Waals surface area (Å²) in [5.41, 5.74) is 7.83. The lowest BCUT2D eigenvalue weighted by Crippen LogP contribution is -2.08. The minimum atomic E-state index is -0.0125. The third-order valence-electron chi connectivity index (χ3n) is 2.37. The average Bonchev–Trinajstić information content (AvgIpc) is 2.64. The van der Waals surface area contributed by atoms with Gasteiger partial charge in [0.15, 0.2) is 5.82 Å². The van der Waals surface area contributed by atoms with Crippen molar-refractivity contribution in [3.8, 4) is 5.82 Å². The standard InChI is InChI=1S/C11H13ClN4.ClH/c1-7-3-9(8(2)13)4-14-11(7)16-6-10(12)5-15-16;/h3-6,8H,13H2,1-2H3;1H. The fourth-order valence-corrected chi connectivity index (χ4v) is 1.63. The van der Waals surface area contributed by atoms with E-state index in [2.05, 4.69) is 10.1 Å². The molecule has 0 aliphatic rings. The van der Waals surface area contributed by atoms with Gasteiger partial charge in [0.1, 0.15) is 0 Å². The van der Waals surface area contributed by atoms with E-state index in [9.17, 15) is 0 Å². The zero-order valence-corrected chi connectivity index (χ0v) is 11.2. The molecule has 0 radical (unpaired) electrons. The molecule has 1 atom stereocenters. The van der Waals surface area contributed by atoms with E-state index in [4.69, 9.17) is 17.3 Å². The second-order valence-corrected chi connectivity index (χ2v) is 4.24. The van der Waals surface area contributed by atoms with Gasteiger partial charge in [-0.15, -0.1) is 12.4 Å². The lowest BCUT2D eigenvalue weighted by atomic mass is 10.1. The van der Waals surface area contributed by atoms with Crippen LogP contribution >= 0.6 is 24.0 Å². The highest BCUT2D eigenvalue weighted by Gasteiger charge is 2.07. The van der Waals surface area contributed by atoms with Crippen LogP contribution in [-0.4, -0.2) is 14.8 Å². The largest absolute Gasteiger partial charge is 0.324 e. The third-order valence-corrected chi connectivity index (χ3v) is 2.56. The summed E-state index contributed by atoms with van der Waals surface area (Å²) in [5, 5.41) is 4.71. The molecule has 0 aromatic carbocycles. The highest BCUT2D eigenvalue weighted by Crippen LogP contribution is 2.17. The maximum absolute atomic E-state index is 5.81. The Hall–Kier alpha value is -1.10. The Morgan fingerprint density at radius 2 is 2.12 bits per heavy atom. The minimum Gasteiger partial charge on any atom is -0.324 e. The summed E-state index contributed by atoms with van der Waals surface area (Å²) in [6.07, 6.45) is 5.08. The molecule has 2 heterocycles. The first kappa shape index (κ1) is 14.0. The molecular formula is C11H14Cl2N4. The van der Waals surface area contributed by atoms with E-state index in [0.717, 1.165) is 16.9 Å². The summed E-state index contributed by atoms with van der Waals surface area (Å²) < 4.78 is 1.66. The van der Waals surface area contributed by atoms with E-state index >= 15 is 0 Å². The molecular weight excluding hydrogens is 259 g/mol. The monoisotopic (exact) mass is 272 g/mol. The van der Waals surface area contributed by atoms with Crippen LogP contribution in [0.5, 0.6) is 0 Å². The molecule has 0 fully saturated rings. The van der Waals surface area contributed by atoms with E-state index in [1.807, 2.05) is 19.9 Å². The van der Waals surface area contributed by atoms with Crippen LogP contribution in [-0.2, 0) is 0 Å². The minimum absolute atomic E-state index is 0. The zero-order chi connectivity index (χ0) is 11.7. The highest BCUT2D eigenvalue weighted by molar-refractivity contribution is 6.30. The van der Waals surface area contributed by atoms with Gasteiger partial charge >= 0.3 is 0 Å². The Morgan fingerprint density at radius 1 is 1.41 bits per heavy atom. The van der Waals surface area contributed by atoms with Gasteiger partial charge in [0.2, 0.25) is 0 Å². The maximum Gasteiger partial charge on any atom is 0.156 e. The number of halogens is 2. The fraction of sp³-hybridized carbons (Fsp3) is 0.273. The Bertz CT molecular complexity index is 508. The van der Waals surface area contributed by atoms with Crippen LogP contribution in [0, 0.1) is 6.92 Å². The van der Waals surface area contributed by atoms with E-state index in [1.54, 1.807) is 23.3 Å². The summed E-state index contributed by atoms with van der Waals surface area (Å²) in [4.78, 5) is 4.34. The van der Waals surface area contributed by atoms with Crippen molar-refractivity contribution in [2.24, 2.45) is 5.73 Å². The maximum atomic E-state index is 5.81. The fourth-order valence-electron chi connectivity index (χ4n) is 1.49. The van der Waals surface area contributed by atoms with Crippen molar-refractivity contribution in [1.82, 2.24) is 14.8 Å². The molecule has 0 saturated heterocycles. The van der Waals surface area contributed by atoms with Gasteiger partial charge in [-0.25, -0.2) is 9.67 Å². The number of nitrogens with two attached hydrogens (primary N) is 1. The van der Waals surface area contributed by atoms with Crippen LogP contribution < -0.4 is 5.73 Å². The molecule has 4 nitrogen and oxygen atoms in total. The molecule has 0 aliphatic carbocycles. The molecule has 0 saturated carbocycles. The quantitative estimate of drug-likeness (QED) is 0.915. The van der Waals surface area contributed by atoms with Crippen LogP contribution in [0.4, 0.5) is 0 Å². The molecule has 1 unspecified atom stereocenters. The molecule has 0 bridgehead atoms. The van der Waals surface area contributed by atoms with Crippen LogP contribution in [0.1, 0.15) is 24.1 Å². The van der Waals surface area contributed by atoms with Crippen LogP contribution in [0.25, 0.3) is 5.82 Å². The normalized spacial score (nSPS) is 12.0. The zero-order valence-electron chi connectivity index (χ0n) is 9.59. The summed E-state index contributed by atoms with van der Waals surface area (Å²) in [6.45, 7) is 3.91. The van der Waals surface area contributed by atoms with E-state index in [-0.39, 0.29) is 18.4 Å². The molecule has 0 amide bonds. The molecule has 17 heavy (non-hydrogen) atoms. The van der Waals surface area contributed by atoms with Gasteiger partial charge in [0.05, 0.1) is 17.4 Å². The first-order valence-corrected chi connectivity index (χ1v) is 5.38. The van der Waals surface area contributed by atoms with Gasteiger partial charge in [0.25, 0.3) is 0 Å². The second-order valence-electron chi connectivity index (χ2n) is 3.80. The molecule has 2 rings (SSSR count). The Kier molecular flexibility index (Phi) is 4.51. The van der Waals surface area contributed by atoms with Crippen molar-refractivity contribution in [2.45, 2.75) is 19.9 Å². The summed E-state index contributed by atoms with van der Waals surface area (Å²) >= 11 is 5.81. The van der Waals surface area contributed by atoms with E-state index in [0.29, 0.717) is 5.02 Å². The molecule has 2 aromatic rings. The lowest BCUT2D eigenvalue weighted by molar-refractivity contribution is 0.791. The van der Waals surface area contributed by atoms with E-state index < -0.39 is 0 Å². The first-order chi connectivity index (χ1) is 7.58. The van der Waals surface area contributed by atoms with Gasteiger partial charge in [-0.05, 0) is 31.0 Å². The highest BCUT2D eigenvalue weighted by atomic mass is 35.5. The SMILES string of the molecule is Cc1cc(C(C)N)cnc1-n1cc(Cl)cn1.Cl. The van der Waals surface area contributed by atoms with Crippen molar-refractivity contribution in [1.29, 1.82) is 0 Å². The van der Waals surface area contributed by atoms with E-state index in [1.165, 1.54) is 0 Å². The molecule has 92 valence electrons. The van der Waals surface area contributed by atoms with Gasteiger partial charge in [-0.1, -0.05) is 11.6 Å². The van der Waals surface area contributed by atoms with Crippen molar-refractivity contribution < 1.29 is 0 Å². The Balaban J connectivity index is 0.00000144. The molecule has 0 spiro atoms. The van der Waals surface area contributed by atoms with Crippen LogP contribution in [0.2, 0.25) is 5.02 Å². The summed E-state index contributed by atoms with van der Waals surface area (Å²) in [7, 11) is 0. The van der Waals surface area contributed by atoms with Crippen molar-refractivity contribution >= 4 is 24.0 Å². The number of rotatable bonds is 2. The average molecular weight is 273 g/mol. The second kappa shape index (κ2) is 5.49. The van der Waals surface area contributed by atoms with Crippen LogP contribution in [0.15, 0.2) is 24.7 Å². The number of pyridine rings is 1. The number of nitrogens with zero attached hydrogens (tertiary/aromatic N) is 3. The van der Waals surface area contributed by atoms with Gasteiger partial charge in [0, 0.05) is 12.2 Å². The molecule has 2 N–H and O–H groups in total. The Morgan fingerprint density at radius 3 is 2.59 bits per heavy atom. The van der Waals surface area contributed by atoms with Crippen molar-refractivity contribution in [2.75, 3.05) is 0 Å². The number of aryl methyl sites for hydroxylation is 1.